The zero-order valence-electron chi connectivity index (χ0n) is 21.4. The molecule has 7 heteroatoms. The van der Waals surface area contributed by atoms with Gasteiger partial charge in [-0.1, -0.05) is 39.8 Å². The Bertz CT molecular complexity index is 934. The number of anilines is 1. The van der Waals surface area contributed by atoms with E-state index < -0.39 is 10.0 Å². The Kier molecular flexibility index (Phi) is 7.97. The number of hydrogen-bond acceptors (Lipinski definition) is 4. The highest BCUT2D eigenvalue weighted by atomic mass is 32.2. The molecule has 3 rings (SSSR count). The largest absolute Gasteiger partial charge is 0.312 e. The molecule has 0 N–H and O–H groups in total. The van der Waals surface area contributed by atoms with Gasteiger partial charge < -0.3 is 4.90 Å². The van der Waals surface area contributed by atoms with Crippen LogP contribution < -0.4 is 4.90 Å². The van der Waals surface area contributed by atoms with Crippen molar-refractivity contribution in [3.63, 3.8) is 0 Å². The van der Waals surface area contributed by atoms with Crippen molar-refractivity contribution in [3.05, 3.63) is 29.8 Å². The lowest BCUT2D eigenvalue weighted by Crippen LogP contribution is -2.57. The zero-order chi connectivity index (χ0) is 24.4. The number of benzene rings is 1. The van der Waals surface area contributed by atoms with Gasteiger partial charge in [0.05, 0.1) is 12.3 Å². The summed E-state index contributed by atoms with van der Waals surface area (Å²) in [5.74, 6) is 0.467. The predicted molar refractivity (Wildman–Crippen MR) is 136 cm³/mol. The first-order valence-corrected chi connectivity index (χ1v) is 14.0. The molecule has 0 saturated carbocycles. The van der Waals surface area contributed by atoms with Crippen molar-refractivity contribution in [2.75, 3.05) is 49.9 Å². The van der Waals surface area contributed by atoms with E-state index in [1.165, 1.54) is 0 Å². The Morgan fingerprint density at radius 3 is 2.39 bits per heavy atom. The second-order valence-electron chi connectivity index (χ2n) is 11.5. The van der Waals surface area contributed by atoms with Crippen LogP contribution in [-0.2, 0) is 14.8 Å². The molecule has 0 unspecified atom stereocenters. The van der Waals surface area contributed by atoms with Gasteiger partial charge in [0, 0.05) is 25.3 Å². The number of piperidine rings is 2. The van der Waals surface area contributed by atoms with Crippen LogP contribution in [0.15, 0.2) is 24.3 Å². The first-order chi connectivity index (χ1) is 15.3. The molecule has 0 bridgehead atoms. The molecule has 2 fully saturated rings. The third-order valence-electron chi connectivity index (χ3n) is 7.11. The summed E-state index contributed by atoms with van der Waals surface area (Å²) in [6.45, 7) is 16.4. The third kappa shape index (κ3) is 6.58. The lowest BCUT2D eigenvalue weighted by Gasteiger charge is -2.52. The summed E-state index contributed by atoms with van der Waals surface area (Å²) in [4.78, 5) is 17.2. The molecule has 0 radical (unpaired) electrons. The summed E-state index contributed by atoms with van der Waals surface area (Å²) >= 11 is 0. The fraction of sp³-hybridized carbons (Fsp3) is 0.731. The van der Waals surface area contributed by atoms with Crippen LogP contribution in [0, 0.1) is 23.7 Å². The van der Waals surface area contributed by atoms with Gasteiger partial charge in [-0.2, -0.15) is 0 Å². The number of hydrogen-bond donors (Lipinski definition) is 0. The molecule has 2 saturated heterocycles. The summed E-state index contributed by atoms with van der Waals surface area (Å²) in [5.41, 5.74) is 2.07. The molecular formula is C26H43N3O3S. The van der Waals surface area contributed by atoms with Crippen LogP contribution in [0.4, 0.5) is 5.69 Å². The molecule has 2 heterocycles. The van der Waals surface area contributed by atoms with Crippen LogP contribution in [0.25, 0.3) is 0 Å². The SMILES string of the molecule is CCN(C(=O)CN1CCC2(CC1)CN(S(=O)(=O)CC(C)C)CC(C)(C)C2)c1cccc(C)c1. The lowest BCUT2D eigenvalue weighted by molar-refractivity contribution is -0.120. The van der Waals surface area contributed by atoms with Gasteiger partial charge in [-0.05, 0) is 80.6 Å². The fourth-order valence-electron chi connectivity index (χ4n) is 5.85. The topological polar surface area (TPSA) is 60.9 Å². The normalized spacial score (nSPS) is 21.4. The van der Waals surface area contributed by atoms with Crippen LogP contribution in [0.3, 0.4) is 0 Å². The first kappa shape index (κ1) is 26.2. The van der Waals surface area contributed by atoms with Crippen molar-refractivity contribution in [2.24, 2.45) is 16.7 Å². The Hall–Kier alpha value is -1.44. The van der Waals surface area contributed by atoms with Crippen LogP contribution in [0.1, 0.15) is 59.4 Å². The molecule has 1 aromatic rings. The Morgan fingerprint density at radius 1 is 1.15 bits per heavy atom. The van der Waals surface area contributed by atoms with E-state index in [9.17, 15) is 13.2 Å². The average Bonchev–Trinajstić information content (AvgIpc) is 2.68. The molecule has 2 aliphatic rings. The number of rotatable bonds is 7. The summed E-state index contributed by atoms with van der Waals surface area (Å²) in [6, 6.07) is 8.09. The Balaban J connectivity index is 1.65. The maximum absolute atomic E-state index is 13.1. The highest BCUT2D eigenvalue weighted by Crippen LogP contribution is 2.47. The van der Waals surface area contributed by atoms with Gasteiger partial charge in [0.1, 0.15) is 0 Å². The monoisotopic (exact) mass is 477 g/mol. The fourth-order valence-corrected chi connectivity index (χ4v) is 7.92. The second-order valence-corrected chi connectivity index (χ2v) is 13.5. The number of nitrogens with zero attached hydrogens (tertiary/aromatic N) is 3. The molecule has 0 atom stereocenters. The van der Waals surface area contributed by atoms with Gasteiger partial charge in [-0.3, -0.25) is 9.69 Å². The number of aryl methyl sites for hydroxylation is 1. The molecule has 6 nitrogen and oxygen atoms in total. The van der Waals surface area contributed by atoms with Crippen LogP contribution in [0.5, 0.6) is 0 Å². The number of likely N-dealkylation sites (tertiary alicyclic amines) is 1. The van der Waals surface area contributed by atoms with Crippen molar-refractivity contribution < 1.29 is 13.2 Å². The van der Waals surface area contributed by atoms with E-state index in [0.717, 1.165) is 43.6 Å². The molecule has 0 aromatic heterocycles. The van der Waals surface area contributed by atoms with Crippen molar-refractivity contribution in [3.8, 4) is 0 Å². The van der Waals surface area contributed by atoms with Gasteiger partial charge in [0.25, 0.3) is 0 Å². The van der Waals surface area contributed by atoms with Crippen molar-refractivity contribution in [1.29, 1.82) is 0 Å². The maximum Gasteiger partial charge on any atom is 0.241 e. The molecule has 1 aromatic carbocycles. The van der Waals surface area contributed by atoms with Gasteiger partial charge in [0.15, 0.2) is 0 Å². The number of amides is 1. The van der Waals surface area contributed by atoms with Crippen LogP contribution >= 0.6 is 0 Å². The Labute approximate surface area is 201 Å². The number of sulfonamides is 1. The lowest BCUT2D eigenvalue weighted by atomic mass is 9.65. The van der Waals surface area contributed by atoms with Crippen LogP contribution in [-0.4, -0.2) is 68.6 Å². The molecular weight excluding hydrogens is 434 g/mol. The standard InChI is InChI=1S/C26H43N3O3S/c1-7-29(23-10-8-9-22(4)15-23)24(30)16-27-13-11-26(12-14-27)18-25(5,6)19-28(20-26)33(31,32)17-21(2)3/h8-10,15,21H,7,11-14,16-20H2,1-6H3. The summed E-state index contributed by atoms with van der Waals surface area (Å²) in [7, 11) is -3.25. The maximum atomic E-state index is 13.1. The highest BCUT2D eigenvalue weighted by Gasteiger charge is 2.47. The minimum Gasteiger partial charge on any atom is -0.312 e. The van der Waals surface area contributed by atoms with E-state index in [2.05, 4.69) is 24.8 Å². The number of carbonyl (C=O) groups is 1. The highest BCUT2D eigenvalue weighted by molar-refractivity contribution is 7.89. The minimum absolute atomic E-state index is 0.00628. The molecule has 1 spiro atoms. The third-order valence-corrected chi connectivity index (χ3v) is 9.25. The number of likely N-dealkylation sites (N-methyl/N-ethyl adjacent to an activating group) is 1. The summed E-state index contributed by atoms with van der Waals surface area (Å²) < 4.78 is 27.9. The van der Waals surface area contributed by atoms with Crippen molar-refractivity contribution in [1.82, 2.24) is 9.21 Å². The van der Waals surface area contributed by atoms with E-state index in [0.29, 0.717) is 26.2 Å². The van der Waals surface area contributed by atoms with Gasteiger partial charge in [-0.25, -0.2) is 12.7 Å². The molecule has 33 heavy (non-hydrogen) atoms. The second kappa shape index (κ2) is 10.0. The molecule has 2 aliphatic heterocycles. The van der Waals surface area contributed by atoms with E-state index in [-0.39, 0.29) is 28.4 Å². The van der Waals surface area contributed by atoms with Crippen molar-refractivity contribution >= 4 is 21.6 Å². The van der Waals surface area contributed by atoms with Crippen LogP contribution in [0.2, 0.25) is 0 Å². The quantitative estimate of drug-likeness (QED) is 0.592. The smallest absolute Gasteiger partial charge is 0.241 e. The van der Waals surface area contributed by atoms with Crippen molar-refractivity contribution in [2.45, 2.75) is 60.8 Å². The molecule has 0 aliphatic carbocycles. The van der Waals surface area contributed by atoms with E-state index in [4.69, 9.17) is 0 Å². The first-order valence-electron chi connectivity index (χ1n) is 12.4. The molecule has 1 amide bonds. The van der Waals surface area contributed by atoms with Gasteiger partial charge in [0.2, 0.25) is 15.9 Å². The van der Waals surface area contributed by atoms with E-state index in [1.54, 1.807) is 4.31 Å². The Morgan fingerprint density at radius 2 is 1.82 bits per heavy atom. The summed E-state index contributed by atoms with van der Waals surface area (Å²) in [6.07, 6.45) is 2.92. The van der Waals surface area contributed by atoms with E-state index in [1.807, 2.05) is 50.8 Å². The van der Waals surface area contributed by atoms with Gasteiger partial charge >= 0.3 is 0 Å². The zero-order valence-corrected chi connectivity index (χ0v) is 22.2. The van der Waals surface area contributed by atoms with Gasteiger partial charge in [-0.15, -0.1) is 0 Å². The summed E-state index contributed by atoms with van der Waals surface area (Å²) in [5, 5.41) is 0. The predicted octanol–water partition coefficient (Wildman–Crippen LogP) is 4.15. The molecule has 186 valence electrons. The van der Waals surface area contributed by atoms with E-state index >= 15 is 0 Å². The average molecular weight is 478 g/mol. The number of carbonyl (C=O) groups excluding carboxylic acids is 1. The minimum atomic E-state index is -3.25.